The number of aryl methyl sites for hydroxylation is 2. The highest BCUT2D eigenvalue weighted by molar-refractivity contribution is 6.07. The number of carbonyl (C=O) groups excluding carboxylic acids is 4. The first-order valence-electron chi connectivity index (χ1n) is 23.4. The Morgan fingerprint density at radius 3 is 2.16 bits per heavy atom. The standard InChI is InChI=1S/C53H55N7O10/c1-57-30-36(26-43(57)49(62)55-37-14-5-4-6-15-37)35-18-20-38(21-19-35)56-50(63)44-27-39(31-58(44)2)54-47(61)25-33-12-11-13-34(24-33)32-69-46-29-42-40(28-45(46)67-3)51(64)59-22-9-7-16-41(59)52(60(42)53(65)66)70-48-17-8-10-23-68-48/h4-6,11-15,18-21,24,26-31,41,48,52H,7-10,16-17,22-23,25,32H2,1-3H3,(H,54,61)(H,55,62)(H,56,63)(H,65,66)/t41-,48?,52-/m0/s1. The Morgan fingerprint density at radius 2 is 1.43 bits per heavy atom. The van der Waals surface area contributed by atoms with Gasteiger partial charge in [-0.3, -0.25) is 19.2 Å². The zero-order valence-electron chi connectivity index (χ0n) is 39.2. The molecule has 17 nitrogen and oxygen atoms in total. The van der Waals surface area contributed by atoms with E-state index in [-0.39, 0.29) is 59.4 Å². The summed E-state index contributed by atoms with van der Waals surface area (Å²) >= 11 is 0. The van der Waals surface area contributed by atoms with Crippen LogP contribution in [-0.2, 0) is 41.4 Å². The predicted octanol–water partition coefficient (Wildman–Crippen LogP) is 8.67. The van der Waals surface area contributed by atoms with Crippen LogP contribution in [0.3, 0.4) is 0 Å². The first kappa shape index (κ1) is 47.2. The van der Waals surface area contributed by atoms with Gasteiger partial charge in [-0.1, -0.05) is 54.6 Å². The summed E-state index contributed by atoms with van der Waals surface area (Å²) in [6, 6.07) is 29.9. The molecule has 4 N–H and O–H groups in total. The Morgan fingerprint density at radius 1 is 0.714 bits per heavy atom. The second-order valence-electron chi connectivity index (χ2n) is 17.7. The minimum absolute atomic E-state index is 0.0266. The number of carbonyl (C=O) groups is 5. The third-order valence-electron chi connectivity index (χ3n) is 12.8. The first-order chi connectivity index (χ1) is 33.9. The van der Waals surface area contributed by atoms with Gasteiger partial charge < -0.3 is 54.0 Å². The minimum atomic E-state index is -1.27. The molecule has 4 aromatic carbocycles. The molecule has 2 fully saturated rings. The van der Waals surface area contributed by atoms with Crippen molar-refractivity contribution in [2.24, 2.45) is 14.1 Å². The SMILES string of the molecule is COc1cc2c(cc1OCc1cccc(CC(=O)Nc3cc(C(=O)Nc4ccc(-c5cc(C(=O)Nc6ccccc6)n(C)c5)cc4)n(C)c3)c1)N(C(=O)O)[C@@H](OC1CCCCO1)[C@@H]1CCCCN1C2=O. The van der Waals surface area contributed by atoms with Crippen LogP contribution in [0.5, 0.6) is 11.5 Å². The second-order valence-corrected chi connectivity index (χ2v) is 17.7. The van der Waals surface area contributed by atoms with E-state index in [2.05, 4.69) is 16.0 Å². The maximum atomic E-state index is 14.2. The summed E-state index contributed by atoms with van der Waals surface area (Å²) in [4.78, 5) is 69.9. The summed E-state index contributed by atoms with van der Waals surface area (Å²) in [6.45, 7) is 1.02. The fraction of sp³-hybridized carbons (Fsp3) is 0.302. The maximum Gasteiger partial charge on any atom is 0.414 e. The highest BCUT2D eigenvalue weighted by atomic mass is 16.7. The number of para-hydroxylation sites is 1. The van der Waals surface area contributed by atoms with Gasteiger partial charge in [0.05, 0.1) is 36.5 Å². The lowest BCUT2D eigenvalue weighted by molar-refractivity contribution is -0.198. The summed E-state index contributed by atoms with van der Waals surface area (Å²) < 4.78 is 27.7. The van der Waals surface area contributed by atoms with Crippen LogP contribution in [0.4, 0.5) is 27.5 Å². The number of fused-ring (bicyclic) bond motifs is 2. The van der Waals surface area contributed by atoms with Gasteiger partial charge in [0.1, 0.15) is 18.0 Å². The molecule has 0 radical (unpaired) electrons. The number of anilines is 4. The number of benzene rings is 4. The monoisotopic (exact) mass is 949 g/mol. The van der Waals surface area contributed by atoms with Gasteiger partial charge in [-0.15, -0.1) is 0 Å². The van der Waals surface area contributed by atoms with E-state index < -0.39 is 24.7 Å². The summed E-state index contributed by atoms with van der Waals surface area (Å²) in [5, 5.41) is 19.5. The molecule has 0 spiro atoms. The van der Waals surface area contributed by atoms with Gasteiger partial charge in [-0.25, -0.2) is 9.69 Å². The number of amides is 5. The van der Waals surface area contributed by atoms with Crippen LogP contribution in [0.2, 0.25) is 0 Å². The fourth-order valence-electron chi connectivity index (χ4n) is 9.35. The van der Waals surface area contributed by atoms with Crippen LogP contribution < -0.4 is 30.3 Å². The first-order valence-corrected chi connectivity index (χ1v) is 23.4. The molecule has 2 saturated heterocycles. The van der Waals surface area contributed by atoms with Crippen molar-refractivity contribution in [3.05, 3.63) is 144 Å². The third kappa shape index (κ3) is 10.4. The highest BCUT2D eigenvalue weighted by Crippen LogP contribution is 2.42. The molecule has 5 heterocycles. The molecule has 3 atom stereocenters. The van der Waals surface area contributed by atoms with Crippen molar-refractivity contribution in [2.45, 2.75) is 70.1 Å². The van der Waals surface area contributed by atoms with Crippen molar-refractivity contribution in [2.75, 3.05) is 41.1 Å². The Hall–Kier alpha value is -7.89. The Kier molecular flexibility index (Phi) is 14.0. The average Bonchev–Trinajstić information content (AvgIpc) is 3.92. The quantitative estimate of drug-likeness (QED) is 0.0821. The van der Waals surface area contributed by atoms with Gasteiger partial charge in [-0.05, 0) is 97.7 Å². The van der Waals surface area contributed by atoms with E-state index in [1.807, 2.05) is 86.0 Å². The largest absolute Gasteiger partial charge is 0.493 e. The van der Waals surface area contributed by atoms with Crippen LogP contribution in [-0.4, -0.2) is 87.7 Å². The zero-order chi connectivity index (χ0) is 48.9. The number of carboxylic acid groups (broad SMARTS) is 1. The summed E-state index contributed by atoms with van der Waals surface area (Å²) in [6.07, 6.45) is 5.30. The van der Waals surface area contributed by atoms with Crippen LogP contribution in [0.15, 0.2) is 116 Å². The number of nitrogens with one attached hydrogen (secondary N) is 3. The van der Waals surface area contributed by atoms with Crippen molar-refractivity contribution >= 4 is 52.5 Å². The molecule has 3 aliphatic rings. The van der Waals surface area contributed by atoms with Crippen LogP contribution in [0, 0.1) is 0 Å². The Labute approximate surface area is 404 Å². The number of ether oxygens (including phenoxy) is 4. The van der Waals surface area contributed by atoms with E-state index in [4.69, 9.17) is 18.9 Å². The molecule has 362 valence electrons. The van der Waals surface area contributed by atoms with Gasteiger partial charge in [0.25, 0.3) is 17.7 Å². The number of aromatic nitrogens is 2. The van der Waals surface area contributed by atoms with E-state index in [9.17, 15) is 29.1 Å². The predicted molar refractivity (Wildman–Crippen MR) is 262 cm³/mol. The summed E-state index contributed by atoms with van der Waals surface area (Å²) in [5.74, 6) is -0.709. The molecule has 2 aromatic heterocycles. The molecule has 0 saturated carbocycles. The average molecular weight is 950 g/mol. The van der Waals surface area contributed by atoms with Gasteiger partial charge >= 0.3 is 6.09 Å². The summed E-state index contributed by atoms with van der Waals surface area (Å²) in [7, 11) is 4.99. The van der Waals surface area contributed by atoms with Gasteiger partial charge in [-0.2, -0.15) is 0 Å². The van der Waals surface area contributed by atoms with E-state index in [0.717, 1.165) is 47.3 Å². The molecule has 17 heteroatoms. The Bertz CT molecular complexity index is 2910. The summed E-state index contributed by atoms with van der Waals surface area (Å²) in [5.41, 5.74) is 6.01. The van der Waals surface area contributed by atoms with Crippen LogP contribution in [0.25, 0.3) is 11.1 Å². The number of piperidine rings is 1. The lowest BCUT2D eigenvalue weighted by Crippen LogP contribution is -2.57. The number of methoxy groups -OCH3 is 1. The van der Waals surface area contributed by atoms with E-state index in [0.29, 0.717) is 60.0 Å². The fourth-order valence-corrected chi connectivity index (χ4v) is 9.35. The number of hydrogen-bond donors (Lipinski definition) is 4. The molecule has 6 aromatic rings. The zero-order valence-corrected chi connectivity index (χ0v) is 39.2. The number of nitrogens with zero attached hydrogens (tertiary/aromatic N) is 4. The highest BCUT2D eigenvalue weighted by Gasteiger charge is 2.46. The van der Waals surface area contributed by atoms with Gasteiger partial charge in [0, 0.05) is 62.6 Å². The third-order valence-corrected chi connectivity index (χ3v) is 12.8. The topological polar surface area (TPSA) is 195 Å². The van der Waals surface area contributed by atoms with Crippen molar-refractivity contribution in [1.82, 2.24) is 14.0 Å². The molecule has 0 bridgehead atoms. The van der Waals surface area contributed by atoms with E-state index in [1.54, 1.807) is 45.5 Å². The molecule has 5 amide bonds. The van der Waals surface area contributed by atoms with Crippen LogP contribution >= 0.6 is 0 Å². The van der Waals surface area contributed by atoms with E-state index >= 15 is 0 Å². The number of hydrogen-bond acceptors (Lipinski definition) is 9. The molecule has 9 rings (SSSR count). The maximum absolute atomic E-state index is 14.2. The minimum Gasteiger partial charge on any atom is -0.493 e. The molecular formula is C53H55N7O10. The van der Waals surface area contributed by atoms with Crippen molar-refractivity contribution < 1.29 is 48.0 Å². The van der Waals surface area contributed by atoms with Gasteiger partial charge in [0.15, 0.2) is 24.0 Å². The molecular weight excluding hydrogens is 895 g/mol. The lowest BCUT2D eigenvalue weighted by atomic mass is 10.00. The molecule has 0 aliphatic carbocycles. The van der Waals surface area contributed by atoms with Crippen LogP contribution in [0.1, 0.15) is 81.0 Å². The Balaban J connectivity index is 0.827. The number of rotatable bonds is 14. The van der Waals surface area contributed by atoms with E-state index in [1.165, 1.54) is 19.2 Å². The lowest BCUT2D eigenvalue weighted by Gasteiger charge is -2.42. The molecule has 70 heavy (non-hydrogen) atoms. The molecule has 1 unspecified atom stereocenters. The normalized spacial score (nSPS) is 17.7. The molecule has 3 aliphatic heterocycles. The van der Waals surface area contributed by atoms with Crippen molar-refractivity contribution in [3.63, 3.8) is 0 Å². The smallest absolute Gasteiger partial charge is 0.414 e. The van der Waals surface area contributed by atoms with Crippen molar-refractivity contribution in [1.29, 1.82) is 0 Å². The van der Waals surface area contributed by atoms with Gasteiger partial charge in [0.2, 0.25) is 5.91 Å². The second kappa shape index (κ2) is 20.8. The van der Waals surface area contributed by atoms with Crippen molar-refractivity contribution in [3.8, 4) is 22.6 Å².